The zero-order chi connectivity index (χ0) is 19.0. The molecule has 1 aliphatic rings. The third kappa shape index (κ3) is 3.44. The molecular weight excluding hydrogens is 348 g/mol. The van der Waals surface area contributed by atoms with E-state index in [1.807, 2.05) is 19.1 Å². The number of fused-ring (bicyclic) bond motifs is 1. The van der Waals surface area contributed by atoms with Crippen LogP contribution in [0.1, 0.15) is 37.7 Å². The molecule has 4 nitrogen and oxygen atoms in total. The summed E-state index contributed by atoms with van der Waals surface area (Å²) in [5.41, 5.74) is 1.84. The number of halogens is 2. The van der Waals surface area contributed by atoms with Gasteiger partial charge in [0, 0.05) is 17.7 Å². The highest BCUT2D eigenvalue weighted by molar-refractivity contribution is 5.96. The Balaban J connectivity index is 1.81. The van der Waals surface area contributed by atoms with Gasteiger partial charge in [0.15, 0.2) is 0 Å². The van der Waals surface area contributed by atoms with Gasteiger partial charge in [0.25, 0.3) is 0 Å². The van der Waals surface area contributed by atoms with Crippen LogP contribution in [0.5, 0.6) is 0 Å². The average Bonchev–Trinajstić information content (AvgIpc) is 3.01. The number of aromatic nitrogens is 2. The van der Waals surface area contributed by atoms with Crippen molar-refractivity contribution in [3.8, 4) is 11.3 Å². The number of rotatable bonds is 3. The third-order valence-corrected chi connectivity index (χ3v) is 5.18. The summed E-state index contributed by atoms with van der Waals surface area (Å²) >= 11 is 0. The van der Waals surface area contributed by atoms with Gasteiger partial charge in [-0.15, -0.1) is 0 Å². The Hall–Kier alpha value is -2.76. The minimum absolute atomic E-state index is 0.0373. The first-order chi connectivity index (χ1) is 13.0. The summed E-state index contributed by atoms with van der Waals surface area (Å²) in [5, 5.41) is 2.94. The van der Waals surface area contributed by atoms with Crippen LogP contribution in [-0.2, 0) is 4.79 Å². The topological polar surface area (TPSA) is 46.4 Å². The molecule has 1 saturated carbocycles. The molecule has 2 heterocycles. The maximum absolute atomic E-state index is 14.4. The van der Waals surface area contributed by atoms with Gasteiger partial charge in [0.1, 0.15) is 28.8 Å². The second kappa shape index (κ2) is 7.10. The fraction of sp³-hybridized carbons (Fsp3) is 0.333. The van der Waals surface area contributed by atoms with Crippen LogP contribution in [0.4, 0.5) is 14.6 Å². The molecule has 1 aliphatic carbocycles. The molecular formula is C21H21F2N3O. The SMILES string of the molecule is Cc1ccn2c(NC(=O)C3CCCCC3)c(-c3cc(F)ccc3F)nc2c1. The van der Waals surface area contributed by atoms with Gasteiger partial charge in [0.2, 0.25) is 5.91 Å². The fourth-order valence-corrected chi connectivity index (χ4v) is 3.72. The number of nitrogens with one attached hydrogen (secondary N) is 1. The van der Waals surface area contributed by atoms with Crippen molar-refractivity contribution >= 4 is 17.4 Å². The number of carbonyl (C=O) groups excluding carboxylic acids is 1. The monoisotopic (exact) mass is 369 g/mol. The van der Waals surface area contributed by atoms with Crippen molar-refractivity contribution < 1.29 is 13.6 Å². The van der Waals surface area contributed by atoms with Crippen LogP contribution in [0.15, 0.2) is 36.5 Å². The predicted octanol–water partition coefficient (Wildman–Crippen LogP) is 5.11. The highest BCUT2D eigenvalue weighted by Gasteiger charge is 2.25. The Morgan fingerprint density at radius 3 is 2.70 bits per heavy atom. The lowest BCUT2D eigenvalue weighted by atomic mass is 9.88. The van der Waals surface area contributed by atoms with Gasteiger partial charge in [-0.3, -0.25) is 9.20 Å². The van der Waals surface area contributed by atoms with Crippen molar-refractivity contribution in [2.75, 3.05) is 5.32 Å². The molecule has 140 valence electrons. The highest BCUT2D eigenvalue weighted by Crippen LogP contribution is 2.33. The number of benzene rings is 1. The van der Waals surface area contributed by atoms with Gasteiger partial charge in [-0.1, -0.05) is 19.3 Å². The largest absolute Gasteiger partial charge is 0.310 e. The zero-order valence-electron chi connectivity index (χ0n) is 15.1. The molecule has 1 amide bonds. The lowest BCUT2D eigenvalue weighted by Crippen LogP contribution is -2.25. The Morgan fingerprint density at radius 1 is 1.15 bits per heavy atom. The van der Waals surface area contributed by atoms with Crippen LogP contribution in [0, 0.1) is 24.5 Å². The number of nitrogens with zero attached hydrogens (tertiary/aromatic N) is 2. The van der Waals surface area contributed by atoms with E-state index in [9.17, 15) is 13.6 Å². The lowest BCUT2D eigenvalue weighted by Gasteiger charge is -2.21. The second-order valence-electron chi connectivity index (χ2n) is 7.19. The number of hydrogen-bond donors (Lipinski definition) is 1. The molecule has 0 radical (unpaired) electrons. The summed E-state index contributed by atoms with van der Waals surface area (Å²) in [5.74, 6) is -0.894. The Morgan fingerprint density at radius 2 is 1.93 bits per heavy atom. The molecule has 27 heavy (non-hydrogen) atoms. The van der Waals surface area contributed by atoms with Crippen LogP contribution in [0.3, 0.4) is 0 Å². The maximum atomic E-state index is 14.4. The van der Waals surface area contributed by atoms with Crippen LogP contribution < -0.4 is 5.32 Å². The van der Waals surface area contributed by atoms with E-state index >= 15 is 0 Å². The maximum Gasteiger partial charge on any atom is 0.228 e. The fourth-order valence-electron chi connectivity index (χ4n) is 3.72. The highest BCUT2D eigenvalue weighted by atomic mass is 19.1. The molecule has 0 spiro atoms. The summed E-state index contributed by atoms with van der Waals surface area (Å²) in [4.78, 5) is 17.3. The molecule has 0 bridgehead atoms. The van der Waals surface area contributed by atoms with Crippen LogP contribution in [-0.4, -0.2) is 15.3 Å². The summed E-state index contributed by atoms with van der Waals surface area (Å²) in [6.07, 6.45) is 6.72. The van der Waals surface area contributed by atoms with Crippen molar-refractivity contribution in [3.05, 3.63) is 53.7 Å². The molecule has 4 rings (SSSR count). The molecule has 0 atom stereocenters. The first-order valence-corrected chi connectivity index (χ1v) is 9.28. The minimum Gasteiger partial charge on any atom is -0.310 e. The van der Waals surface area contributed by atoms with E-state index < -0.39 is 11.6 Å². The van der Waals surface area contributed by atoms with Gasteiger partial charge >= 0.3 is 0 Å². The number of aryl methyl sites for hydroxylation is 1. The first kappa shape index (κ1) is 17.6. The molecule has 1 N–H and O–H groups in total. The van der Waals surface area contributed by atoms with Crippen molar-refractivity contribution in [2.24, 2.45) is 5.92 Å². The van der Waals surface area contributed by atoms with E-state index in [-0.39, 0.29) is 23.1 Å². The lowest BCUT2D eigenvalue weighted by molar-refractivity contribution is -0.120. The molecule has 2 aromatic heterocycles. The zero-order valence-corrected chi connectivity index (χ0v) is 15.1. The predicted molar refractivity (Wildman–Crippen MR) is 100 cm³/mol. The van der Waals surface area contributed by atoms with E-state index in [4.69, 9.17) is 0 Å². The van der Waals surface area contributed by atoms with Crippen LogP contribution in [0.25, 0.3) is 16.9 Å². The Labute approximate surface area is 156 Å². The quantitative estimate of drug-likeness (QED) is 0.698. The number of carbonyl (C=O) groups is 1. The summed E-state index contributed by atoms with van der Waals surface area (Å²) in [6.45, 7) is 1.93. The standard InChI is InChI=1S/C21H21F2N3O/c1-13-9-10-26-18(11-13)24-19(16-12-15(22)7-8-17(16)23)20(26)25-21(27)14-5-3-2-4-6-14/h7-12,14H,2-6H2,1H3,(H,25,27). The van der Waals surface area contributed by atoms with Crippen LogP contribution >= 0.6 is 0 Å². The van der Waals surface area contributed by atoms with E-state index in [1.165, 1.54) is 0 Å². The molecule has 0 aliphatic heterocycles. The van der Waals surface area contributed by atoms with Gasteiger partial charge in [0.05, 0.1) is 0 Å². The number of hydrogen-bond acceptors (Lipinski definition) is 2. The Kier molecular flexibility index (Phi) is 4.64. The first-order valence-electron chi connectivity index (χ1n) is 9.28. The molecule has 6 heteroatoms. The van der Waals surface area contributed by atoms with E-state index in [0.29, 0.717) is 11.5 Å². The van der Waals surface area contributed by atoms with Gasteiger partial charge in [-0.25, -0.2) is 13.8 Å². The van der Waals surface area contributed by atoms with Gasteiger partial charge < -0.3 is 5.32 Å². The number of pyridine rings is 1. The van der Waals surface area contributed by atoms with Crippen LogP contribution in [0.2, 0.25) is 0 Å². The summed E-state index contributed by atoms with van der Waals surface area (Å²) in [6, 6.07) is 6.99. The number of anilines is 1. The Bertz CT molecular complexity index is 1010. The normalized spacial score (nSPS) is 15.2. The van der Waals surface area contributed by atoms with Crippen molar-refractivity contribution in [3.63, 3.8) is 0 Å². The smallest absolute Gasteiger partial charge is 0.228 e. The van der Waals surface area contributed by atoms with Crippen molar-refractivity contribution in [2.45, 2.75) is 39.0 Å². The molecule has 1 aromatic carbocycles. The minimum atomic E-state index is -0.579. The summed E-state index contributed by atoms with van der Waals surface area (Å²) in [7, 11) is 0. The van der Waals surface area contributed by atoms with Gasteiger partial charge in [-0.05, 0) is 55.7 Å². The third-order valence-electron chi connectivity index (χ3n) is 5.18. The molecule has 1 fully saturated rings. The van der Waals surface area contributed by atoms with Gasteiger partial charge in [-0.2, -0.15) is 0 Å². The van der Waals surface area contributed by atoms with Crippen molar-refractivity contribution in [1.82, 2.24) is 9.38 Å². The second-order valence-corrected chi connectivity index (χ2v) is 7.19. The summed E-state index contributed by atoms with van der Waals surface area (Å²) < 4.78 is 29.9. The molecule has 0 saturated heterocycles. The number of amides is 1. The van der Waals surface area contributed by atoms with E-state index in [1.54, 1.807) is 10.6 Å². The van der Waals surface area contributed by atoms with E-state index in [0.717, 1.165) is 55.9 Å². The molecule has 0 unspecified atom stereocenters. The van der Waals surface area contributed by atoms with E-state index in [2.05, 4.69) is 10.3 Å². The average molecular weight is 369 g/mol. The molecule has 3 aromatic rings. The van der Waals surface area contributed by atoms with Crippen molar-refractivity contribution in [1.29, 1.82) is 0 Å². The number of imidazole rings is 1.